The number of aryl methyl sites for hydroxylation is 1. The molecule has 1 amide bonds. The van der Waals surface area contributed by atoms with Crippen LogP contribution in [0.2, 0.25) is 0 Å². The minimum atomic E-state index is -3.91. The van der Waals surface area contributed by atoms with Gasteiger partial charge in [0.2, 0.25) is 10.0 Å². The highest BCUT2D eigenvalue weighted by Gasteiger charge is 2.26. The molecule has 0 spiro atoms. The molecule has 0 unspecified atom stereocenters. The van der Waals surface area contributed by atoms with Crippen LogP contribution in [0.25, 0.3) is 11.3 Å². The standard InChI is InChI=1S/C24H25BrN4O6S/c1-15(2)12-22(28-36(33,34)19-8-4-16(3)5-9-19)24(30)27-26-14-18-7-11-23(35-18)20-10-6-17(29(31)32)13-21(20)25/h4-11,13-15,22,28H,12H2,1-3H3,(H,27,30)/b26-14-/t22-/m1/s1. The first-order valence-corrected chi connectivity index (χ1v) is 13.2. The molecule has 12 heteroatoms. The molecule has 2 aromatic carbocycles. The number of hydrogen-bond donors (Lipinski definition) is 2. The number of nitro groups is 1. The van der Waals surface area contributed by atoms with Crippen molar-refractivity contribution >= 4 is 43.8 Å². The molecule has 1 heterocycles. The summed E-state index contributed by atoms with van der Waals surface area (Å²) in [7, 11) is -3.91. The van der Waals surface area contributed by atoms with Crippen molar-refractivity contribution in [1.82, 2.24) is 10.1 Å². The fourth-order valence-electron chi connectivity index (χ4n) is 3.27. The first-order valence-electron chi connectivity index (χ1n) is 10.9. The summed E-state index contributed by atoms with van der Waals surface area (Å²) in [5.41, 5.74) is 3.82. The summed E-state index contributed by atoms with van der Waals surface area (Å²) in [4.78, 5) is 23.2. The van der Waals surface area contributed by atoms with Crippen molar-refractivity contribution in [3.63, 3.8) is 0 Å². The Morgan fingerprint density at radius 1 is 1.17 bits per heavy atom. The van der Waals surface area contributed by atoms with Gasteiger partial charge in [0.05, 0.1) is 16.0 Å². The van der Waals surface area contributed by atoms with Gasteiger partial charge < -0.3 is 4.42 Å². The van der Waals surface area contributed by atoms with Gasteiger partial charge in [-0.15, -0.1) is 0 Å². The molecule has 0 aliphatic heterocycles. The number of carbonyl (C=O) groups is 1. The van der Waals surface area contributed by atoms with E-state index in [0.29, 0.717) is 21.6 Å². The van der Waals surface area contributed by atoms with Crippen molar-refractivity contribution in [2.24, 2.45) is 11.0 Å². The highest BCUT2D eigenvalue weighted by molar-refractivity contribution is 9.10. The van der Waals surface area contributed by atoms with Gasteiger partial charge in [-0.2, -0.15) is 9.82 Å². The van der Waals surface area contributed by atoms with Crippen LogP contribution in [0.3, 0.4) is 0 Å². The molecule has 3 rings (SSSR count). The number of carbonyl (C=O) groups excluding carboxylic acids is 1. The van der Waals surface area contributed by atoms with E-state index >= 15 is 0 Å². The van der Waals surface area contributed by atoms with Crippen LogP contribution in [0, 0.1) is 23.0 Å². The SMILES string of the molecule is Cc1ccc(S(=O)(=O)N[C@H](CC(C)C)C(=O)N/N=C\c2ccc(-c3ccc([N+](=O)[O-])cc3Br)o2)cc1. The summed E-state index contributed by atoms with van der Waals surface area (Å²) in [6, 6.07) is 12.9. The molecule has 0 saturated heterocycles. The summed E-state index contributed by atoms with van der Waals surface area (Å²) in [6.07, 6.45) is 1.55. The minimum absolute atomic E-state index is 0.0400. The third-order valence-corrected chi connectivity index (χ3v) is 7.22. The van der Waals surface area contributed by atoms with Crippen LogP contribution in [0.4, 0.5) is 5.69 Å². The largest absolute Gasteiger partial charge is 0.455 e. The lowest BCUT2D eigenvalue weighted by molar-refractivity contribution is -0.384. The molecule has 0 aliphatic carbocycles. The van der Waals surface area contributed by atoms with Crippen molar-refractivity contribution in [2.75, 3.05) is 0 Å². The number of non-ortho nitro benzene ring substituents is 1. The van der Waals surface area contributed by atoms with Crippen LogP contribution in [0.1, 0.15) is 31.6 Å². The lowest BCUT2D eigenvalue weighted by Crippen LogP contribution is -2.46. The van der Waals surface area contributed by atoms with E-state index in [1.165, 1.54) is 30.5 Å². The number of benzene rings is 2. The molecular weight excluding hydrogens is 552 g/mol. The molecule has 0 fully saturated rings. The van der Waals surface area contributed by atoms with E-state index in [4.69, 9.17) is 4.42 Å². The third-order valence-electron chi connectivity index (χ3n) is 5.07. The van der Waals surface area contributed by atoms with E-state index in [-0.39, 0.29) is 22.9 Å². The number of nitro benzene ring substituents is 1. The van der Waals surface area contributed by atoms with Crippen LogP contribution in [-0.2, 0) is 14.8 Å². The van der Waals surface area contributed by atoms with Gasteiger partial charge in [0.1, 0.15) is 17.6 Å². The maximum absolute atomic E-state index is 12.8. The van der Waals surface area contributed by atoms with Crippen LogP contribution < -0.4 is 10.1 Å². The number of hydrogen-bond acceptors (Lipinski definition) is 7. The monoisotopic (exact) mass is 576 g/mol. The Kier molecular flexibility index (Phi) is 8.77. The lowest BCUT2D eigenvalue weighted by Gasteiger charge is -2.19. The van der Waals surface area contributed by atoms with E-state index in [9.17, 15) is 23.3 Å². The summed E-state index contributed by atoms with van der Waals surface area (Å²) in [5, 5.41) is 14.8. The predicted molar refractivity (Wildman–Crippen MR) is 139 cm³/mol. The summed E-state index contributed by atoms with van der Waals surface area (Å²) in [5.74, 6) is 0.183. The molecule has 10 nitrogen and oxygen atoms in total. The second kappa shape index (κ2) is 11.6. The zero-order valence-corrected chi connectivity index (χ0v) is 22.2. The van der Waals surface area contributed by atoms with Crippen LogP contribution >= 0.6 is 15.9 Å². The topological polar surface area (TPSA) is 144 Å². The first kappa shape index (κ1) is 27.2. The van der Waals surface area contributed by atoms with Crippen molar-refractivity contribution in [3.8, 4) is 11.3 Å². The molecule has 0 radical (unpaired) electrons. The van der Waals surface area contributed by atoms with Gasteiger partial charge in [-0.3, -0.25) is 14.9 Å². The van der Waals surface area contributed by atoms with Crippen molar-refractivity contribution in [3.05, 3.63) is 80.5 Å². The molecule has 1 aromatic heterocycles. The van der Waals surface area contributed by atoms with Gasteiger partial charge in [-0.05, 0) is 65.5 Å². The maximum Gasteiger partial charge on any atom is 0.270 e. The number of furan rings is 1. The number of halogens is 1. The smallest absolute Gasteiger partial charge is 0.270 e. The lowest BCUT2D eigenvalue weighted by atomic mass is 10.0. The number of amides is 1. The van der Waals surface area contributed by atoms with Gasteiger partial charge in [0, 0.05) is 22.2 Å². The fourth-order valence-corrected chi connectivity index (χ4v) is 5.05. The van der Waals surface area contributed by atoms with Crippen molar-refractivity contribution < 1.29 is 22.6 Å². The molecule has 0 saturated carbocycles. The third kappa shape index (κ3) is 7.09. The van der Waals surface area contributed by atoms with E-state index < -0.39 is 26.9 Å². The average molecular weight is 577 g/mol. The van der Waals surface area contributed by atoms with Crippen LogP contribution in [-0.4, -0.2) is 31.5 Å². The van der Waals surface area contributed by atoms with Gasteiger partial charge in [-0.1, -0.05) is 31.5 Å². The number of hydrazone groups is 1. The number of rotatable bonds is 10. The Balaban J connectivity index is 1.69. The molecule has 0 aliphatic rings. The molecule has 1 atom stereocenters. The minimum Gasteiger partial charge on any atom is -0.455 e. The van der Waals surface area contributed by atoms with Crippen molar-refractivity contribution in [1.29, 1.82) is 0 Å². The molecule has 3 aromatic rings. The molecule has 36 heavy (non-hydrogen) atoms. The van der Waals surface area contributed by atoms with Crippen molar-refractivity contribution in [2.45, 2.75) is 38.1 Å². The van der Waals surface area contributed by atoms with Gasteiger partial charge in [0.25, 0.3) is 11.6 Å². The zero-order valence-electron chi connectivity index (χ0n) is 19.8. The number of nitrogens with one attached hydrogen (secondary N) is 2. The molecule has 0 bridgehead atoms. The first-order chi connectivity index (χ1) is 17.0. The summed E-state index contributed by atoms with van der Waals surface area (Å²) < 4.78 is 34.2. The Labute approximate surface area is 217 Å². The van der Waals surface area contributed by atoms with Crippen LogP contribution in [0.15, 0.2) is 73.5 Å². The summed E-state index contributed by atoms with van der Waals surface area (Å²) >= 11 is 3.30. The Bertz CT molecular complexity index is 1380. The molecular formula is C24H25BrN4O6S. The average Bonchev–Trinajstić information content (AvgIpc) is 3.26. The fraction of sp³-hybridized carbons (Fsp3) is 0.250. The van der Waals surface area contributed by atoms with E-state index in [1.54, 1.807) is 30.3 Å². The van der Waals surface area contributed by atoms with Gasteiger partial charge in [0.15, 0.2) is 0 Å². The Morgan fingerprint density at radius 3 is 2.47 bits per heavy atom. The van der Waals surface area contributed by atoms with Gasteiger partial charge >= 0.3 is 0 Å². The predicted octanol–water partition coefficient (Wildman–Crippen LogP) is 4.77. The highest BCUT2D eigenvalue weighted by atomic mass is 79.9. The second-order valence-electron chi connectivity index (χ2n) is 8.47. The Hall–Kier alpha value is -3.35. The zero-order chi connectivity index (χ0) is 26.5. The van der Waals surface area contributed by atoms with E-state index in [0.717, 1.165) is 5.56 Å². The second-order valence-corrected chi connectivity index (χ2v) is 11.0. The van der Waals surface area contributed by atoms with E-state index in [1.807, 2.05) is 20.8 Å². The van der Waals surface area contributed by atoms with Gasteiger partial charge in [-0.25, -0.2) is 13.8 Å². The van der Waals surface area contributed by atoms with E-state index in [2.05, 4.69) is 31.2 Å². The quantitative estimate of drug-likeness (QED) is 0.202. The summed E-state index contributed by atoms with van der Waals surface area (Å²) in [6.45, 7) is 5.61. The number of sulfonamides is 1. The molecule has 2 N–H and O–H groups in total. The maximum atomic E-state index is 12.8. The normalized spacial score (nSPS) is 12.7. The Morgan fingerprint density at radius 2 is 1.86 bits per heavy atom. The molecule has 190 valence electrons. The van der Waals surface area contributed by atoms with Crippen LogP contribution in [0.5, 0.6) is 0 Å². The number of nitrogens with zero attached hydrogens (tertiary/aromatic N) is 2. The highest BCUT2D eigenvalue weighted by Crippen LogP contribution is 2.32.